The highest BCUT2D eigenvalue weighted by molar-refractivity contribution is 5.31. The molecule has 4 heteroatoms. The van der Waals surface area contributed by atoms with Crippen molar-refractivity contribution >= 4 is 0 Å². The first kappa shape index (κ1) is 22.9. The zero-order valence-corrected chi connectivity index (χ0v) is 21.2. The standard InChI is InChI=1S/C33H34N4/c1-5-13-26(14-6-1)21-34-22-33-23-35-30(27-15-7-2-8-16-27)36(24-33)32(29-19-11-4-12-20-29)37(25-33)31(35)28-17-9-3-10-18-28/h1-20,30-32,34H,21-25H2. The molecule has 8 rings (SSSR count). The summed E-state index contributed by atoms with van der Waals surface area (Å²) in [5.74, 6) is 0. The Morgan fingerprint density at radius 2 is 0.865 bits per heavy atom. The van der Waals surface area contributed by atoms with E-state index in [9.17, 15) is 0 Å². The fraction of sp³-hybridized carbons (Fsp3) is 0.273. The van der Waals surface area contributed by atoms with Gasteiger partial charge in [-0.15, -0.1) is 0 Å². The number of rotatable bonds is 7. The van der Waals surface area contributed by atoms with Crippen LogP contribution in [0.25, 0.3) is 0 Å². The summed E-state index contributed by atoms with van der Waals surface area (Å²) in [6.45, 7) is 5.18. The fourth-order valence-corrected chi connectivity index (χ4v) is 7.06. The molecule has 4 aliphatic rings. The van der Waals surface area contributed by atoms with Crippen LogP contribution < -0.4 is 5.32 Å². The third-order valence-electron chi connectivity index (χ3n) is 8.40. The smallest absolute Gasteiger partial charge is 0.0916 e. The van der Waals surface area contributed by atoms with E-state index in [0.29, 0.717) is 0 Å². The summed E-state index contributed by atoms with van der Waals surface area (Å²) in [7, 11) is 0. The molecule has 4 aromatic rings. The summed E-state index contributed by atoms with van der Waals surface area (Å²) >= 11 is 0. The minimum atomic E-state index is 0.177. The normalized spacial score (nSPS) is 31.9. The van der Waals surface area contributed by atoms with Crippen LogP contribution in [0.15, 0.2) is 121 Å². The Morgan fingerprint density at radius 1 is 0.514 bits per heavy atom. The van der Waals surface area contributed by atoms with E-state index in [1.54, 1.807) is 0 Å². The molecule has 0 unspecified atom stereocenters. The van der Waals surface area contributed by atoms with Crippen LogP contribution in [0.2, 0.25) is 0 Å². The second-order valence-electron chi connectivity index (χ2n) is 11.0. The minimum Gasteiger partial charge on any atom is -0.312 e. The highest BCUT2D eigenvalue weighted by Crippen LogP contribution is 2.57. The van der Waals surface area contributed by atoms with Gasteiger partial charge in [0, 0.05) is 38.1 Å². The molecule has 4 aliphatic heterocycles. The van der Waals surface area contributed by atoms with Crippen LogP contribution in [-0.2, 0) is 6.54 Å². The van der Waals surface area contributed by atoms with Crippen molar-refractivity contribution < 1.29 is 0 Å². The number of benzene rings is 4. The molecule has 0 saturated carbocycles. The molecule has 4 saturated heterocycles. The van der Waals surface area contributed by atoms with Crippen LogP contribution in [0.3, 0.4) is 0 Å². The van der Waals surface area contributed by atoms with Crippen LogP contribution in [0.4, 0.5) is 0 Å². The number of hydrogen-bond donors (Lipinski definition) is 1. The van der Waals surface area contributed by atoms with Gasteiger partial charge in [-0.1, -0.05) is 121 Å². The Labute approximate surface area is 220 Å². The highest BCUT2D eigenvalue weighted by atomic mass is 15.6. The molecule has 186 valence electrons. The van der Waals surface area contributed by atoms with Crippen molar-refractivity contribution in [1.82, 2.24) is 20.0 Å². The third kappa shape index (κ3) is 4.11. The topological polar surface area (TPSA) is 21.8 Å². The number of nitrogens with one attached hydrogen (secondary N) is 1. The minimum absolute atomic E-state index is 0.177. The van der Waals surface area contributed by atoms with Gasteiger partial charge in [0.2, 0.25) is 0 Å². The van der Waals surface area contributed by atoms with Crippen LogP contribution in [0, 0.1) is 5.41 Å². The zero-order valence-electron chi connectivity index (χ0n) is 21.2. The van der Waals surface area contributed by atoms with E-state index in [2.05, 4.69) is 141 Å². The molecule has 4 bridgehead atoms. The van der Waals surface area contributed by atoms with Gasteiger partial charge in [0.25, 0.3) is 0 Å². The molecule has 4 nitrogen and oxygen atoms in total. The monoisotopic (exact) mass is 486 g/mol. The van der Waals surface area contributed by atoms with E-state index >= 15 is 0 Å². The summed E-state index contributed by atoms with van der Waals surface area (Å²) in [6.07, 6.45) is 0.737. The lowest BCUT2D eigenvalue weighted by atomic mass is 9.75. The molecule has 4 heterocycles. The van der Waals surface area contributed by atoms with E-state index < -0.39 is 0 Å². The van der Waals surface area contributed by atoms with E-state index in [0.717, 1.165) is 32.7 Å². The average molecular weight is 487 g/mol. The lowest BCUT2D eigenvalue weighted by Crippen LogP contribution is -2.76. The van der Waals surface area contributed by atoms with E-state index in [4.69, 9.17) is 0 Å². The van der Waals surface area contributed by atoms with Crippen LogP contribution in [0.5, 0.6) is 0 Å². The average Bonchev–Trinajstić information content (AvgIpc) is 2.95. The molecular weight excluding hydrogens is 452 g/mol. The molecule has 0 aromatic heterocycles. The van der Waals surface area contributed by atoms with Gasteiger partial charge in [0.1, 0.15) is 0 Å². The summed E-state index contributed by atoms with van der Waals surface area (Å²) in [4.78, 5) is 8.30. The highest BCUT2D eigenvalue weighted by Gasteiger charge is 2.61. The van der Waals surface area contributed by atoms with Crippen molar-refractivity contribution in [3.05, 3.63) is 144 Å². The van der Waals surface area contributed by atoms with E-state index in [1.807, 2.05) is 0 Å². The van der Waals surface area contributed by atoms with Gasteiger partial charge >= 0.3 is 0 Å². The third-order valence-corrected chi connectivity index (χ3v) is 8.40. The van der Waals surface area contributed by atoms with Crippen molar-refractivity contribution in [2.75, 3.05) is 26.2 Å². The first-order chi connectivity index (χ1) is 18.3. The number of hydrogen-bond acceptors (Lipinski definition) is 4. The van der Waals surface area contributed by atoms with Gasteiger partial charge in [-0.2, -0.15) is 0 Å². The van der Waals surface area contributed by atoms with Gasteiger partial charge in [-0.3, -0.25) is 14.7 Å². The largest absolute Gasteiger partial charge is 0.312 e. The lowest BCUT2D eigenvalue weighted by Gasteiger charge is -2.70. The van der Waals surface area contributed by atoms with Gasteiger partial charge in [-0.05, 0) is 22.3 Å². The molecular formula is C33H34N4. The number of nitrogens with zero attached hydrogens (tertiary/aromatic N) is 3. The summed E-state index contributed by atoms with van der Waals surface area (Å²) in [6, 6.07) is 44.2. The Balaban J connectivity index is 1.29. The van der Waals surface area contributed by atoms with Crippen molar-refractivity contribution in [3.8, 4) is 0 Å². The van der Waals surface area contributed by atoms with Gasteiger partial charge in [-0.25, -0.2) is 0 Å². The summed E-state index contributed by atoms with van der Waals surface area (Å²) in [5.41, 5.74) is 5.68. The fourth-order valence-electron chi connectivity index (χ4n) is 7.06. The molecule has 37 heavy (non-hydrogen) atoms. The summed E-state index contributed by atoms with van der Waals surface area (Å²) in [5, 5.41) is 3.84. The quantitative estimate of drug-likeness (QED) is 0.356. The predicted octanol–water partition coefficient (Wildman–Crippen LogP) is 5.81. The van der Waals surface area contributed by atoms with Crippen molar-refractivity contribution in [2.45, 2.75) is 25.0 Å². The Hall–Kier alpha value is -3.28. The second kappa shape index (κ2) is 9.55. The molecule has 0 spiro atoms. The molecule has 0 aliphatic carbocycles. The molecule has 0 amide bonds. The van der Waals surface area contributed by atoms with E-state index in [1.165, 1.54) is 22.3 Å². The van der Waals surface area contributed by atoms with Gasteiger partial charge < -0.3 is 5.32 Å². The first-order valence-electron chi connectivity index (χ1n) is 13.5. The van der Waals surface area contributed by atoms with Crippen LogP contribution >= 0.6 is 0 Å². The van der Waals surface area contributed by atoms with E-state index in [-0.39, 0.29) is 23.9 Å². The van der Waals surface area contributed by atoms with Crippen molar-refractivity contribution in [1.29, 1.82) is 0 Å². The Kier molecular flexibility index (Phi) is 5.90. The van der Waals surface area contributed by atoms with Gasteiger partial charge in [0.15, 0.2) is 0 Å². The molecule has 4 fully saturated rings. The van der Waals surface area contributed by atoms with Gasteiger partial charge in [0.05, 0.1) is 18.5 Å². The van der Waals surface area contributed by atoms with Crippen molar-refractivity contribution in [2.24, 2.45) is 5.41 Å². The summed E-state index contributed by atoms with van der Waals surface area (Å²) < 4.78 is 0. The molecule has 4 aromatic carbocycles. The second-order valence-corrected chi connectivity index (χ2v) is 11.0. The van der Waals surface area contributed by atoms with Crippen LogP contribution in [-0.4, -0.2) is 40.9 Å². The lowest BCUT2D eigenvalue weighted by molar-refractivity contribution is -0.285. The maximum absolute atomic E-state index is 3.84. The predicted molar refractivity (Wildman–Crippen MR) is 148 cm³/mol. The Morgan fingerprint density at radius 3 is 1.24 bits per heavy atom. The maximum atomic E-state index is 3.84. The molecule has 0 radical (unpaired) electrons. The van der Waals surface area contributed by atoms with Crippen molar-refractivity contribution in [3.63, 3.8) is 0 Å². The van der Waals surface area contributed by atoms with Crippen LogP contribution in [0.1, 0.15) is 40.8 Å². The zero-order chi connectivity index (χ0) is 24.7. The Bertz CT molecular complexity index is 1170. The SMILES string of the molecule is c1ccc(CNCC23CN4C(c5ccccc5)N(C2)C(c2ccccc2)N(C3)C4c2ccccc2)cc1. The molecule has 1 N–H and O–H groups in total. The first-order valence-corrected chi connectivity index (χ1v) is 13.5. The maximum Gasteiger partial charge on any atom is 0.0916 e. The molecule has 0 atom stereocenters.